The molecule has 3 N–H and O–H groups in total. The summed E-state index contributed by atoms with van der Waals surface area (Å²) in [6.07, 6.45) is 4.72. The van der Waals surface area contributed by atoms with Gasteiger partial charge in [-0.05, 0) is 30.9 Å². The molecule has 1 saturated heterocycles. The smallest absolute Gasteiger partial charge is 0.414 e. The van der Waals surface area contributed by atoms with Gasteiger partial charge >= 0.3 is 11.9 Å². The second-order valence-electron chi connectivity index (χ2n) is 6.92. The molecule has 1 fully saturated rings. The summed E-state index contributed by atoms with van der Waals surface area (Å²) in [5, 5.41) is 23.9. The van der Waals surface area contributed by atoms with E-state index in [0.717, 1.165) is 38.2 Å². The summed E-state index contributed by atoms with van der Waals surface area (Å²) in [5.41, 5.74) is 3.93. The topological polar surface area (TPSA) is 116 Å². The fourth-order valence-electron chi connectivity index (χ4n) is 4.08. The van der Waals surface area contributed by atoms with Crippen molar-refractivity contribution in [1.29, 1.82) is 0 Å². The van der Waals surface area contributed by atoms with E-state index in [4.69, 9.17) is 24.5 Å². The van der Waals surface area contributed by atoms with Crippen molar-refractivity contribution in [3.05, 3.63) is 29.5 Å². The van der Waals surface area contributed by atoms with Crippen molar-refractivity contribution in [2.75, 3.05) is 19.9 Å². The predicted molar refractivity (Wildman–Crippen MR) is 98.6 cm³/mol. The molecule has 0 unspecified atom stereocenters. The minimum atomic E-state index is -1.82. The third kappa shape index (κ3) is 4.12. The van der Waals surface area contributed by atoms with Gasteiger partial charge in [0.2, 0.25) is 0 Å². The summed E-state index contributed by atoms with van der Waals surface area (Å²) in [7, 11) is 0. The van der Waals surface area contributed by atoms with Crippen molar-refractivity contribution >= 4 is 22.8 Å². The van der Waals surface area contributed by atoms with E-state index in [9.17, 15) is 0 Å². The number of aliphatic carboxylic acids is 2. The lowest BCUT2D eigenvalue weighted by atomic mass is 9.76. The van der Waals surface area contributed by atoms with Crippen molar-refractivity contribution in [2.45, 2.75) is 44.6 Å². The van der Waals surface area contributed by atoms with Crippen LogP contribution >= 0.6 is 0 Å². The summed E-state index contributed by atoms with van der Waals surface area (Å²) in [6, 6.07) is 7.13. The minimum Gasteiger partial charge on any atom is -0.473 e. The summed E-state index contributed by atoms with van der Waals surface area (Å²) < 4.78 is 5.81. The number of fused-ring (bicyclic) bond motifs is 2. The Morgan fingerprint density at radius 3 is 2.81 bits per heavy atom. The highest BCUT2D eigenvalue weighted by Gasteiger charge is 2.37. The number of H-pyrrole nitrogens is 1. The van der Waals surface area contributed by atoms with Crippen molar-refractivity contribution in [1.82, 2.24) is 15.1 Å². The van der Waals surface area contributed by atoms with Crippen LogP contribution in [0.5, 0.6) is 0 Å². The molecule has 27 heavy (non-hydrogen) atoms. The zero-order valence-corrected chi connectivity index (χ0v) is 15.4. The Balaban J connectivity index is 0.000000307. The second-order valence-corrected chi connectivity index (χ2v) is 6.92. The van der Waals surface area contributed by atoms with Gasteiger partial charge in [0.1, 0.15) is 0 Å². The molecule has 1 aromatic heterocycles. The minimum absolute atomic E-state index is 0.564. The number of nitrogens with one attached hydrogen (secondary N) is 1. The van der Waals surface area contributed by atoms with Crippen LogP contribution in [0.3, 0.4) is 0 Å². The molecule has 146 valence electrons. The van der Waals surface area contributed by atoms with E-state index in [-0.39, 0.29) is 0 Å². The number of aromatic amines is 1. The first-order chi connectivity index (χ1) is 13.0. The first kappa shape index (κ1) is 19.3. The lowest BCUT2D eigenvalue weighted by molar-refractivity contribution is -0.159. The molecule has 2 heterocycles. The van der Waals surface area contributed by atoms with Crippen LogP contribution in [0.15, 0.2) is 18.2 Å². The third-order valence-electron chi connectivity index (χ3n) is 5.18. The maximum atomic E-state index is 9.10. The van der Waals surface area contributed by atoms with Gasteiger partial charge in [0.15, 0.2) is 0 Å². The number of hydrogen-bond donors (Lipinski definition) is 3. The fourth-order valence-corrected chi connectivity index (χ4v) is 4.08. The SMILES string of the molecule is CCCOCN1CCC[C@@H]2c3cccc4n[nH]c(c34)C[C@H]21.O=C(O)C(=O)O. The molecule has 0 radical (unpaired) electrons. The number of ether oxygens (including phenoxy) is 1. The Morgan fingerprint density at radius 1 is 1.33 bits per heavy atom. The van der Waals surface area contributed by atoms with E-state index in [0.29, 0.717) is 12.0 Å². The number of rotatable bonds is 4. The Hall–Kier alpha value is -2.45. The van der Waals surface area contributed by atoms with Gasteiger partial charge in [0.25, 0.3) is 0 Å². The zero-order valence-electron chi connectivity index (χ0n) is 15.4. The van der Waals surface area contributed by atoms with Gasteiger partial charge in [-0.15, -0.1) is 0 Å². The van der Waals surface area contributed by atoms with Gasteiger partial charge in [-0.3, -0.25) is 10.00 Å². The normalized spacial score (nSPS) is 21.2. The molecule has 8 nitrogen and oxygen atoms in total. The molecule has 1 aliphatic carbocycles. The van der Waals surface area contributed by atoms with Gasteiger partial charge in [-0.2, -0.15) is 5.10 Å². The number of piperidine rings is 1. The summed E-state index contributed by atoms with van der Waals surface area (Å²) in [4.78, 5) is 20.7. The molecule has 2 aromatic rings. The average molecular weight is 375 g/mol. The molecule has 0 saturated carbocycles. The molecule has 1 aliphatic heterocycles. The maximum absolute atomic E-state index is 9.10. The van der Waals surface area contributed by atoms with E-state index in [1.165, 1.54) is 29.5 Å². The molecular formula is C19H25N3O5. The van der Waals surface area contributed by atoms with E-state index in [1.54, 1.807) is 0 Å². The van der Waals surface area contributed by atoms with Crippen LogP contribution in [-0.2, 0) is 20.7 Å². The predicted octanol–water partition coefficient (Wildman–Crippen LogP) is 2.21. The lowest BCUT2D eigenvalue weighted by Gasteiger charge is -2.43. The number of nitrogens with zero attached hydrogens (tertiary/aromatic N) is 2. The van der Waals surface area contributed by atoms with Crippen LogP contribution in [0.4, 0.5) is 0 Å². The number of hydrogen-bond acceptors (Lipinski definition) is 5. The number of carboxylic acid groups (broad SMARTS) is 2. The lowest BCUT2D eigenvalue weighted by Crippen LogP contribution is -2.47. The van der Waals surface area contributed by atoms with E-state index in [1.807, 2.05) is 0 Å². The molecule has 4 rings (SSSR count). The van der Waals surface area contributed by atoms with Crippen LogP contribution in [0.2, 0.25) is 0 Å². The van der Waals surface area contributed by atoms with Crippen molar-refractivity contribution in [2.24, 2.45) is 0 Å². The number of benzene rings is 1. The van der Waals surface area contributed by atoms with Crippen LogP contribution in [0.1, 0.15) is 43.4 Å². The third-order valence-corrected chi connectivity index (χ3v) is 5.18. The quantitative estimate of drug-likeness (QED) is 0.554. The average Bonchev–Trinajstić information content (AvgIpc) is 3.07. The molecule has 8 heteroatoms. The van der Waals surface area contributed by atoms with Gasteiger partial charge in [-0.1, -0.05) is 19.1 Å². The highest BCUT2D eigenvalue weighted by Crippen LogP contribution is 2.42. The maximum Gasteiger partial charge on any atom is 0.414 e. The van der Waals surface area contributed by atoms with Crippen molar-refractivity contribution < 1.29 is 24.5 Å². The highest BCUT2D eigenvalue weighted by atomic mass is 16.5. The van der Waals surface area contributed by atoms with Gasteiger partial charge in [-0.25, -0.2) is 9.59 Å². The molecule has 2 aliphatic rings. The largest absolute Gasteiger partial charge is 0.473 e. The van der Waals surface area contributed by atoms with E-state index >= 15 is 0 Å². The summed E-state index contributed by atoms with van der Waals surface area (Å²) >= 11 is 0. The van der Waals surface area contributed by atoms with Crippen LogP contribution in [-0.4, -0.2) is 63.2 Å². The summed E-state index contributed by atoms with van der Waals surface area (Å²) in [5.74, 6) is -3.01. The van der Waals surface area contributed by atoms with Gasteiger partial charge in [0, 0.05) is 42.6 Å². The number of carboxylic acids is 2. The van der Waals surface area contributed by atoms with Gasteiger partial charge in [0.05, 0.1) is 12.2 Å². The Kier molecular flexibility index (Phi) is 6.08. The Labute approximate surface area is 157 Å². The number of aromatic nitrogens is 2. The first-order valence-corrected chi connectivity index (χ1v) is 9.26. The Bertz CT molecular complexity index is 807. The molecule has 0 spiro atoms. The van der Waals surface area contributed by atoms with Crippen molar-refractivity contribution in [3.63, 3.8) is 0 Å². The molecule has 2 atom stereocenters. The molecule has 1 aromatic carbocycles. The molecule has 0 bridgehead atoms. The standard InChI is InChI=1S/C17H23N3O.C2H2O4/c1-2-9-21-11-20-8-4-6-12-13-5-3-7-14-17(13)15(19-18-14)10-16(12)20;3-1(4)2(5)6/h3,5,7,12,16H,2,4,6,8-11H2,1H3,(H,18,19);(H,3,4)(H,5,6)/t12-,16-;/m1./s1. The zero-order chi connectivity index (χ0) is 19.4. The van der Waals surface area contributed by atoms with Crippen molar-refractivity contribution in [3.8, 4) is 0 Å². The number of carbonyl (C=O) groups is 2. The van der Waals surface area contributed by atoms with Crippen LogP contribution in [0, 0.1) is 0 Å². The van der Waals surface area contributed by atoms with Crippen LogP contribution < -0.4 is 0 Å². The van der Waals surface area contributed by atoms with E-state index < -0.39 is 11.9 Å². The van der Waals surface area contributed by atoms with E-state index in [2.05, 4.69) is 40.2 Å². The fraction of sp³-hybridized carbons (Fsp3) is 0.526. The number of likely N-dealkylation sites (tertiary alicyclic amines) is 1. The monoisotopic (exact) mass is 375 g/mol. The first-order valence-electron chi connectivity index (χ1n) is 9.26. The highest BCUT2D eigenvalue weighted by molar-refractivity contribution is 6.27. The molecule has 0 amide bonds. The van der Waals surface area contributed by atoms with Crippen LogP contribution in [0.25, 0.3) is 10.9 Å². The Morgan fingerprint density at radius 2 is 2.11 bits per heavy atom. The second kappa shape index (κ2) is 8.49. The summed E-state index contributed by atoms with van der Waals surface area (Å²) in [6.45, 7) is 4.95. The molecular weight excluding hydrogens is 350 g/mol. The van der Waals surface area contributed by atoms with Gasteiger partial charge < -0.3 is 14.9 Å².